The molecule has 2 unspecified atom stereocenters. The van der Waals surface area contributed by atoms with Gasteiger partial charge in [-0.25, -0.2) is 14.6 Å². The van der Waals surface area contributed by atoms with Crippen molar-refractivity contribution in [2.75, 3.05) is 39.6 Å². The van der Waals surface area contributed by atoms with Crippen molar-refractivity contribution in [1.82, 2.24) is 5.32 Å². The first kappa shape index (κ1) is 40.6. The van der Waals surface area contributed by atoms with E-state index >= 15 is 0 Å². The van der Waals surface area contributed by atoms with E-state index in [0.29, 0.717) is 30.0 Å². The molecule has 0 spiro atoms. The number of esters is 2. The molecule has 0 heterocycles. The Hall–Kier alpha value is -5.55. The third-order valence-corrected chi connectivity index (χ3v) is 6.97. The predicted octanol–water partition coefficient (Wildman–Crippen LogP) is 1.07. The number of aliphatic hydroxyl groups is 2. The van der Waals surface area contributed by atoms with Crippen molar-refractivity contribution in [2.45, 2.75) is 40.2 Å². The average molecular weight is 704 g/mol. The number of benzene rings is 2. The van der Waals surface area contributed by atoms with Gasteiger partial charge in [-0.15, -0.1) is 0 Å². The van der Waals surface area contributed by atoms with E-state index in [1.54, 1.807) is 36.4 Å². The van der Waals surface area contributed by atoms with E-state index in [1.807, 2.05) is 12.1 Å². The maximum absolute atomic E-state index is 12.6. The highest BCUT2D eigenvalue weighted by molar-refractivity contribution is 5.78. The fourth-order valence-electron chi connectivity index (χ4n) is 3.65. The summed E-state index contributed by atoms with van der Waals surface area (Å²) in [6, 6.07) is 14.1. The van der Waals surface area contributed by atoms with Gasteiger partial charge in [0.05, 0.1) is 25.6 Å². The zero-order valence-corrected chi connectivity index (χ0v) is 28.1. The zero-order chi connectivity index (χ0) is 37.2. The Morgan fingerprint density at radius 3 is 1.46 bits per heavy atom. The fourth-order valence-corrected chi connectivity index (χ4v) is 3.65. The van der Waals surface area contributed by atoms with Gasteiger partial charge in [-0.05, 0) is 36.1 Å². The van der Waals surface area contributed by atoms with Gasteiger partial charge >= 0.3 is 24.2 Å². The highest BCUT2D eigenvalue weighted by Gasteiger charge is 2.37. The Morgan fingerprint density at radius 2 is 1.08 bits per heavy atom. The molecule has 9 N–H and O–H groups in total. The van der Waals surface area contributed by atoms with E-state index in [4.69, 9.17) is 45.6 Å². The molecule has 0 aliphatic carbocycles. The topological polar surface area (TPSA) is 267 Å². The number of carbonyl (C=O) groups excluding carboxylic acids is 4. The van der Waals surface area contributed by atoms with Gasteiger partial charge in [0.15, 0.2) is 5.96 Å². The van der Waals surface area contributed by atoms with Crippen LogP contribution >= 0.6 is 0 Å². The van der Waals surface area contributed by atoms with Crippen LogP contribution in [0.3, 0.4) is 0 Å². The quantitative estimate of drug-likeness (QED) is 0.0370. The SMILES string of the molecule is C=C(N)NCc1ccc(COC(=O)C(C)(CO)COC(=O)OCCOC(=O)OCC(C)(CO)C(=O)OCc2ccc(CN=C(N)N)cc2)cc1. The Labute approximate surface area is 289 Å². The molecule has 0 amide bonds. The van der Waals surface area contributed by atoms with Gasteiger partial charge in [0.1, 0.15) is 50.5 Å². The summed E-state index contributed by atoms with van der Waals surface area (Å²) in [5.74, 6) is -1.33. The van der Waals surface area contributed by atoms with Crippen LogP contribution in [0.5, 0.6) is 0 Å². The highest BCUT2D eigenvalue weighted by atomic mass is 16.7. The van der Waals surface area contributed by atoms with Gasteiger partial charge in [0, 0.05) is 6.54 Å². The minimum Gasteiger partial charge on any atom is -0.460 e. The lowest BCUT2D eigenvalue weighted by atomic mass is 9.93. The van der Waals surface area contributed by atoms with Crippen molar-refractivity contribution < 1.29 is 57.8 Å². The van der Waals surface area contributed by atoms with Gasteiger partial charge in [0.25, 0.3) is 0 Å². The minimum atomic E-state index is -1.59. The van der Waals surface area contributed by atoms with Crippen LogP contribution in [0.1, 0.15) is 36.1 Å². The molecule has 0 bridgehead atoms. The molecular weight excluding hydrogens is 658 g/mol. The molecule has 0 radical (unpaired) electrons. The van der Waals surface area contributed by atoms with E-state index in [1.165, 1.54) is 13.8 Å². The first-order valence-electron chi connectivity index (χ1n) is 15.2. The number of nitrogens with two attached hydrogens (primary N) is 3. The summed E-state index contributed by atoms with van der Waals surface area (Å²) in [4.78, 5) is 53.2. The van der Waals surface area contributed by atoms with Crippen LogP contribution in [0.25, 0.3) is 0 Å². The summed E-state index contributed by atoms with van der Waals surface area (Å²) in [6.07, 6.45) is -2.40. The van der Waals surface area contributed by atoms with Crippen molar-refractivity contribution in [3.05, 3.63) is 83.2 Å². The van der Waals surface area contributed by atoms with Gasteiger partial charge < -0.3 is 61.2 Å². The van der Waals surface area contributed by atoms with E-state index < -0.39 is 74.7 Å². The zero-order valence-electron chi connectivity index (χ0n) is 28.1. The minimum absolute atomic E-state index is 0.0359. The predicted molar refractivity (Wildman–Crippen MR) is 177 cm³/mol. The molecule has 17 nitrogen and oxygen atoms in total. The number of nitrogens with one attached hydrogen (secondary N) is 1. The summed E-state index contributed by atoms with van der Waals surface area (Å²) >= 11 is 0. The summed E-state index contributed by atoms with van der Waals surface area (Å²) in [7, 11) is 0. The van der Waals surface area contributed by atoms with E-state index in [2.05, 4.69) is 16.9 Å². The molecule has 17 heteroatoms. The number of aliphatic hydroxyl groups excluding tert-OH is 2. The normalized spacial score (nSPS) is 13.0. The number of ether oxygens (including phenoxy) is 6. The largest absolute Gasteiger partial charge is 0.508 e. The molecule has 0 aliphatic heterocycles. The number of hydrogen-bond acceptors (Lipinski definition) is 15. The second-order valence-electron chi connectivity index (χ2n) is 11.6. The Morgan fingerprint density at radius 1 is 0.680 bits per heavy atom. The number of rotatable bonds is 20. The van der Waals surface area contributed by atoms with Gasteiger partial charge in [-0.1, -0.05) is 55.1 Å². The van der Waals surface area contributed by atoms with Crippen LogP contribution in [-0.4, -0.2) is 80.1 Å². The summed E-state index contributed by atoms with van der Waals surface area (Å²) in [6.45, 7) is 3.46. The molecule has 0 fully saturated rings. The third-order valence-electron chi connectivity index (χ3n) is 6.97. The number of carbonyl (C=O) groups is 4. The molecule has 0 aliphatic rings. The van der Waals surface area contributed by atoms with Gasteiger partial charge in [-0.2, -0.15) is 0 Å². The van der Waals surface area contributed by atoms with Gasteiger partial charge in [-0.3, -0.25) is 9.59 Å². The van der Waals surface area contributed by atoms with E-state index in [-0.39, 0.29) is 19.2 Å². The molecule has 2 atom stereocenters. The van der Waals surface area contributed by atoms with E-state index in [0.717, 1.165) is 11.1 Å². The first-order chi connectivity index (χ1) is 23.7. The average Bonchev–Trinajstić information content (AvgIpc) is 3.11. The highest BCUT2D eigenvalue weighted by Crippen LogP contribution is 2.21. The lowest BCUT2D eigenvalue weighted by Gasteiger charge is -2.24. The van der Waals surface area contributed by atoms with Crippen LogP contribution in [0.2, 0.25) is 0 Å². The van der Waals surface area contributed by atoms with Crippen molar-refractivity contribution >= 4 is 30.2 Å². The molecule has 0 saturated heterocycles. The summed E-state index contributed by atoms with van der Waals surface area (Å²) in [5, 5.41) is 22.4. The van der Waals surface area contributed by atoms with Crippen molar-refractivity contribution in [1.29, 1.82) is 0 Å². The van der Waals surface area contributed by atoms with Crippen molar-refractivity contribution in [2.24, 2.45) is 33.0 Å². The monoisotopic (exact) mass is 703 g/mol. The van der Waals surface area contributed by atoms with Crippen molar-refractivity contribution in [3.63, 3.8) is 0 Å². The molecule has 274 valence electrons. The molecule has 2 aromatic rings. The summed E-state index contributed by atoms with van der Waals surface area (Å²) < 4.78 is 30.1. The van der Waals surface area contributed by atoms with Crippen LogP contribution < -0.4 is 22.5 Å². The molecule has 2 rings (SSSR count). The number of nitrogens with zero attached hydrogens (tertiary/aromatic N) is 1. The molecule has 50 heavy (non-hydrogen) atoms. The Balaban J connectivity index is 1.68. The molecular formula is C33H45N5O12. The standard InChI is InChI=1S/C33H45N5O12/c1-22(34)37-14-23-4-8-25(9-5-23)16-47-27(41)32(2,18-39)20-49-30(43)45-12-13-46-31(44)50-21-33(3,19-40)28(42)48-17-26-10-6-24(7-11-26)15-38-29(35)36/h4-11,37,39-40H,1,12-21,34H2,2-3H3,(H4,35,36,38). The van der Waals surface area contributed by atoms with Crippen molar-refractivity contribution in [3.8, 4) is 0 Å². The Kier molecular flexibility index (Phi) is 16.3. The second kappa shape index (κ2) is 20.1. The van der Waals surface area contributed by atoms with E-state index in [9.17, 15) is 29.4 Å². The second-order valence-corrected chi connectivity index (χ2v) is 11.6. The maximum Gasteiger partial charge on any atom is 0.508 e. The van der Waals surface area contributed by atoms with Gasteiger partial charge in [0.2, 0.25) is 0 Å². The lowest BCUT2D eigenvalue weighted by molar-refractivity contribution is -0.163. The molecule has 0 aromatic heterocycles. The molecule has 0 saturated carbocycles. The van der Waals surface area contributed by atoms with Crippen LogP contribution in [-0.2, 0) is 64.3 Å². The number of hydrogen-bond donors (Lipinski definition) is 6. The maximum atomic E-state index is 12.6. The fraction of sp³-hybridized carbons (Fsp3) is 0.424. The summed E-state index contributed by atoms with van der Waals surface area (Å²) in [5.41, 5.74) is 16.1. The van der Waals surface area contributed by atoms with Crippen LogP contribution in [0.4, 0.5) is 9.59 Å². The smallest absolute Gasteiger partial charge is 0.460 e. The lowest BCUT2D eigenvalue weighted by Crippen LogP contribution is -2.39. The van der Waals surface area contributed by atoms with Crippen LogP contribution in [0.15, 0.2) is 65.9 Å². The number of guanidine groups is 1. The van der Waals surface area contributed by atoms with Crippen LogP contribution in [0, 0.1) is 10.8 Å². The molecule has 2 aromatic carbocycles. The third kappa shape index (κ3) is 14.3. The Bertz CT molecular complexity index is 1460. The number of aliphatic imine (C=N–C) groups is 1. The first-order valence-corrected chi connectivity index (χ1v) is 15.2.